The Hall–Kier alpha value is -2.15. The van der Waals surface area contributed by atoms with Gasteiger partial charge in [-0.25, -0.2) is 4.39 Å². The van der Waals surface area contributed by atoms with Crippen LogP contribution in [0.1, 0.15) is 50.8 Å². The molecule has 0 N–H and O–H groups in total. The van der Waals surface area contributed by atoms with Crippen LogP contribution in [0.3, 0.4) is 0 Å². The predicted octanol–water partition coefficient (Wildman–Crippen LogP) is 5.60. The van der Waals surface area contributed by atoms with E-state index in [-0.39, 0.29) is 17.9 Å². The first-order valence-corrected chi connectivity index (χ1v) is 11.8. The van der Waals surface area contributed by atoms with Crippen LogP contribution >= 0.6 is 11.6 Å². The van der Waals surface area contributed by atoms with E-state index in [1.807, 2.05) is 45.0 Å². The maximum atomic E-state index is 13.1. The van der Waals surface area contributed by atoms with Gasteiger partial charge < -0.3 is 14.2 Å². The van der Waals surface area contributed by atoms with E-state index in [4.69, 9.17) is 25.8 Å². The molecule has 1 aliphatic heterocycles. The molecule has 1 fully saturated rings. The highest BCUT2D eigenvalue weighted by Gasteiger charge is 2.23. The molecule has 1 atom stereocenters. The maximum absolute atomic E-state index is 13.1. The van der Waals surface area contributed by atoms with E-state index in [1.54, 1.807) is 6.07 Å². The number of halogens is 2. The Labute approximate surface area is 200 Å². The number of aryl methyl sites for hydroxylation is 1. The molecule has 0 spiro atoms. The standard InChI is InChI=1S/C26H33ClFNO4/c1-26(2,3)33-25(30)12-13-29-14-16-32-24(18-29)20-7-10-22(11-8-20)31-15-4-5-19-6-9-21(28)17-23(19)27/h6-11,17,24H,4-5,12-16,18H2,1-3H3. The number of hydrogen-bond donors (Lipinski definition) is 0. The molecule has 3 rings (SSSR count). The maximum Gasteiger partial charge on any atom is 0.307 e. The summed E-state index contributed by atoms with van der Waals surface area (Å²) in [7, 11) is 0. The van der Waals surface area contributed by atoms with Crippen LogP contribution in [-0.2, 0) is 20.7 Å². The van der Waals surface area contributed by atoms with E-state index in [0.717, 1.165) is 42.8 Å². The van der Waals surface area contributed by atoms with Gasteiger partial charge in [0.15, 0.2) is 0 Å². The summed E-state index contributed by atoms with van der Waals surface area (Å²) in [4.78, 5) is 14.2. The number of carbonyl (C=O) groups excluding carboxylic acids is 1. The van der Waals surface area contributed by atoms with Crippen LogP contribution in [0.5, 0.6) is 5.75 Å². The largest absolute Gasteiger partial charge is 0.494 e. The third-order valence-electron chi connectivity index (χ3n) is 5.33. The van der Waals surface area contributed by atoms with Crippen molar-refractivity contribution < 1.29 is 23.4 Å². The van der Waals surface area contributed by atoms with Crippen LogP contribution in [0.2, 0.25) is 5.02 Å². The second-order valence-electron chi connectivity index (χ2n) is 9.25. The molecular formula is C26H33ClFNO4. The summed E-state index contributed by atoms with van der Waals surface area (Å²) >= 11 is 6.07. The summed E-state index contributed by atoms with van der Waals surface area (Å²) in [5.41, 5.74) is 1.55. The molecule has 5 nitrogen and oxygen atoms in total. The van der Waals surface area contributed by atoms with Gasteiger partial charge in [0.2, 0.25) is 0 Å². The van der Waals surface area contributed by atoms with Crippen molar-refractivity contribution in [3.8, 4) is 5.75 Å². The molecule has 0 radical (unpaired) electrons. The summed E-state index contributed by atoms with van der Waals surface area (Å²) in [6, 6.07) is 12.4. The fourth-order valence-electron chi connectivity index (χ4n) is 3.70. The zero-order valence-corrected chi connectivity index (χ0v) is 20.4. The molecule has 180 valence electrons. The number of ether oxygens (including phenoxy) is 3. The number of rotatable bonds is 9. The van der Waals surface area contributed by atoms with Crippen LogP contribution in [0.25, 0.3) is 0 Å². The third-order valence-corrected chi connectivity index (χ3v) is 5.68. The quantitative estimate of drug-likeness (QED) is 0.347. The van der Waals surface area contributed by atoms with Crippen molar-refractivity contribution in [1.29, 1.82) is 0 Å². The summed E-state index contributed by atoms with van der Waals surface area (Å²) in [5.74, 6) is 0.295. The number of hydrogen-bond acceptors (Lipinski definition) is 5. The summed E-state index contributed by atoms with van der Waals surface area (Å²) < 4.78 is 30.3. The monoisotopic (exact) mass is 477 g/mol. The van der Waals surface area contributed by atoms with Crippen LogP contribution in [0.4, 0.5) is 4.39 Å². The lowest BCUT2D eigenvalue weighted by molar-refractivity contribution is -0.155. The van der Waals surface area contributed by atoms with Gasteiger partial charge in [-0.1, -0.05) is 29.8 Å². The molecule has 1 heterocycles. The number of carbonyl (C=O) groups is 1. The van der Waals surface area contributed by atoms with Gasteiger partial charge in [0.05, 0.1) is 25.7 Å². The Morgan fingerprint density at radius 2 is 1.97 bits per heavy atom. The second-order valence-corrected chi connectivity index (χ2v) is 9.66. The van der Waals surface area contributed by atoms with Gasteiger partial charge in [-0.2, -0.15) is 0 Å². The van der Waals surface area contributed by atoms with E-state index in [1.165, 1.54) is 12.1 Å². The van der Waals surface area contributed by atoms with Gasteiger partial charge in [0, 0.05) is 24.7 Å². The van der Waals surface area contributed by atoms with Crippen molar-refractivity contribution in [1.82, 2.24) is 4.90 Å². The first kappa shape index (κ1) is 25.5. The highest BCUT2D eigenvalue weighted by Crippen LogP contribution is 2.25. The summed E-state index contributed by atoms with van der Waals surface area (Å²) in [5, 5.41) is 0.451. The molecule has 0 bridgehead atoms. The Morgan fingerprint density at radius 3 is 2.67 bits per heavy atom. The topological polar surface area (TPSA) is 48.0 Å². The molecule has 1 unspecified atom stereocenters. The number of benzene rings is 2. The van der Waals surface area contributed by atoms with Crippen molar-refractivity contribution in [3.63, 3.8) is 0 Å². The van der Waals surface area contributed by atoms with Gasteiger partial charge in [-0.05, 0) is 69.0 Å². The van der Waals surface area contributed by atoms with E-state index in [2.05, 4.69) is 4.90 Å². The van der Waals surface area contributed by atoms with E-state index in [0.29, 0.717) is 31.2 Å². The fourth-order valence-corrected chi connectivity index (χ4v) is 3.97. The van der Waals surface area contributed by atoms with E-state index >= 15 is 0 Å². The highest BCUT2D eigenvalue weighted by molar-refractivity contribution is 6.31. The van der Waals surface area contributed by atoms with Gasteiger partial charge in [0.1, 0.15) is 17.2 Å². The smallest absolute Gasteiger partial charge is 0.307 e. The van der Waals surface area contributed by atoms with E-state index < -0.39 is 5.60 Å². The molecule has 0 amide bonds. The minimum absolute atomic E-state index is 0.0351. The normalized spacial score (nSPS) is 17.1. The third kappa shape index (κ3) is 8.61. The molecule has 0 aliphatic carbocycles. The molecule has 0 saturated carbocycles. The molecule has 1 saturated heterocycles. The average molecular weight is 478 g/mol. The van der Waals surface area contributed by atoms with Gasteiger partial charge in [0.25, 0.3) is 0 Å². The SMILES string of the molecule is CC(C)(C)OC(=O)CCN1CCOC(c2ccc(OCCCc3ccc(F)cc3Cl)cc2)C1. The van der Waals surface area contributed by atoms with Crippen molar-refractivity contribution in [2.75, 3.05) is 32.8 Å². The number of nitrogens with zero attached hydrogens (tertiary/aromatic N) is 1. The van der Waals surface area contributed by atoms with Crippen molar-refractivity contribution in [2.24, 2.45) is 0 Å². The lowest BCUT2D eigenvalue weighted by atomic mass is 10.1. The molecule has 2 aromatic carbocycles. The van der Waals surface area contributed by atoms with Crippen molar-refractivity contribution in [2.45, 2.75) is 51.7 Å². The zero-order valence-electron chi connectivity index (χ0n) is 19.6. The van der Waals surface area contributed by atoms with Crippen LogP contribution in [0, 0.1) is 5.82 Å². The zero-order chi connectivity index (χ0) is 23.8. The van der Waals surface area contributed by atoms with E-state index in [9.17, 15) is 9.18 Å². The Kier molecular flexibility index (Phi) is 9.12. The van der Waals surface area contributed by atoms with Crippen LogP contribution in [0.15, 0.2) is 42.5 Å². The molecule has 33 heavy (non-hydrogen) atoms. The minimum atomic E-state index is -0.456. The summed E-state index contributed by atoms with van der Waals surface area (Å²) in [6.07, 6.45) is 1.85. The Balaban J connectivity index is 1.42. The number of morpholine rings is 1. The lowest BCUT2D eigenvalue weighted by Gasteiger charge is -2.33. The highest BCUT2D eigenvalue weighted by atomic mass is 35.5. The molecular weight excluding hydrogens is 445 g/mol. The van der Waals surface area contributed by atoms with Gasteiger partial charge >= 0.3 is 5.97 Å². The van der Waals surface area contributed by atoms with Gasteiger partial charge in [-0.3, -0.25) is 9.69 Å². The second kappa shape index (κ2) is 11.8. The summed E-state index contributed by atoms with van der Waals surface area (Å²) in [6.45, 7) is 9.02. The predicted molar refractivity (Wildman–Crippen MR) is 127 cm³/mol. The molecule has 0 aromatic heterocycles. The first-order chi connectivity index (χ1) is 15.7. The Bertz CT molecular complexity index is 913. The lowest BCUT2D eigenvalue weighted by Crippen LogP contribution is -2.39. The molecule has 1 aliphatic rings. The molecule has 2 aromatic rings. The van der Waals surface area contributed by atoms with Crippen molar-refractivity contribution in [3.05, 3.63) is 64.4 Å². The minimum Gasteiger partial charge on any atom is -0.494 e. The Morgan fingerprint density at radius 1 is 1.21 bits per heavy atom. The van der Waals surface area contributed by atoms with Crippen molar-refractivity contribution >= 4 is 17.6 Å². The average Bonchev–Trinajstić information content (AvgIpc) is 2.76. The van der Waals surface area contributed by atoms with Crippen LogP contribution < -0.4 is 4.74 Å². The fraction of sp³-hybridized carbons (Fsp3) is 0.500. The molecule has 7 heteroatoms. The first-order valence-electron chi connectivity index (χ1n) is 11.4. The van der Waals surface area contributed by atoms with Crippen LogP contribution in [-0.4, -0.2) is 49.3 Å². The number of esters is 1. The van der Waals surface area contributed by atoms with Gasteiger partial charge in [-0.15, -0.1) is 0 Å².